The van der Waals surface area contributed by atoms with Gasteiger partial charge in [-0.3, -0.25) is 4.79 Å². The summed E-state index contributed by atoms with van der Waals surface area (Å²) in [5, 5.41) is 2.77. The first-order chi connectivity index (χ1) is 10.6. The van der Waals surface area contributed by atoms with Crippen molar-refractivity contribution < 1.29 is 14.3 Å². The van der Waals surface area contributed by atoms with E-state index < -0.39 is 5.97 Å². The number of anilines is 1. The van der Waals surface area contributed by atoms with Crippen molar-refractivity contribution in [3.05, 3.63) is 65.7 Å². The van der Waals surface area contributed by atoms with Crippen LogP contribution in [-0.2, 0) is 9.53 Å². The number of hydrogen-bond acceptors (Lipinski definition) is 4. The molecule has 0 aliphatic rings. The van der Waals surface area contributed by atoms with Crippen LogP contribution in [-0.4, -0.2) is 18.5 Å². The molecule has 1 unspecified atom stereocenters. The second-order valence-electron chi connectivity index (χ2n) is 4.86. The number of hydrogen-bond donors (Lipinski definition) is 2. The number of amides is 1. The first-order valence-electron chi connectivity index (χ1n) is 6.94. The van der Waals surface area contributed by atoms with Gasteiger partial charge in [0.15, 0.2) is 6.61 Å². The fraction of sp³-hybridized carbons (Fsp3) is 0.176. The van der Waals surface area contributed by atoms with Crippen LogP contribution in [0, 0.1) is 0 Å². The molecule has 0 aliphatic heterocycles. The lowest BCUT2D eigenvalue weighted by Gasteiger charge is -2.14. The Morgan fingerprint density at radius 1 is 1.09 bits per heavy atom. The van der Waals surface area contributed by atoms with Gasteiger partial charge in [0.2, 0.25) is 0 Å². The third-order valence-corrected chi connectivity index (χ3v) is 3.19. The third kappa shape index (κ3) is 4.09. The van der Waals surface area contributed by atoms with Crippen LogP contribution < -0.4 is 11.1 Å². The van der Waals surface area contributed by atoms with E-state index in [1.54, 1.807) is 24.3 Å². The van der Waals surface area contributed by atoms with Crippen molar-refractivity contribution in [1.29, 1.82) is 0 Å². The Balaban J connectivity index is 1.85. The summed E-state index contributed by atoms with van der Waals surface area (Å²) in [4.78, 5) is 23.7. The summed E-state index contributed by atoms with van der Waals surface area (Å²) >= 11 is 0. The van der Waals surface area contributed by atoms with Gasteiger partial charge in [0.25, 0.3) is 5.91 Å². The second kappa shape index (κ2) is 7.26. The number of rotatable bonds is 5. The normalized spacial score (nSPS) is 11.5. The van der Waals surface area contributed by atoms with E-state index in [-0.39, 0.29) is 24.1 Å². The molecule has 0 bridgehead atoms. The standard InChI is InChI=1S/C17H18N2O3/c1-12(13-7-3-2-4-8-13)19-16(20)11-22-17(21)14-9-5-6-10-15(14)18/h2-10,12H,11,18H2,1H3,(H,19,20). The molecule has 0 fully saturated rings. The van der Waals surface area contributed by atoms with Gasteiger partial charge in [-0.2, -0.15) is 0 Å². The Morgan fingerprint density at radius 2 is 1.73 bits per heavy atom. The van der Waals surface area contributed by atoms with E-state index in [9.17, 15) is 9.59 Å². The number of benzene rings is 2. The van der Waals surface area contributed by atoms with Gasteiger partial charge < -0.3 is 15.8 Å². The molecule has 114 valence electrons. The van der Waals surface area contributed by atoms with Crippen LogP contribution in [0.3, 0.4) is 0 Å². The van der Waals surface area contributed by atoms with Crippen molar-refractivity contribution in [3.63, 3.8) is 0 Å². The zero-order valence-electron chi connectivity index (χ0n) is 12.3. The number of ether oxygens (including phenoxy) is 1. The van der Waals surface area contributed by atoms with Crippen LogP contribution in [0.25, 0.3) is 0 Å². The SMILES string of the molecule is CC(NC(=O)COC(=O)c1ccccc1N)c1ccccc1. The third-order valence-electron chi connectivity index (χ3n) is 3.19. The molecule has 0 saturated heterocycles. The van der Waals surface area contributed by atoms with Crippen molar-refractivity contribution in [2.75, 3.05) is 12.3 Å². The average Bonchev–Trinajstić information content (AvgIpc) is 2.54. The number of esters is 1. The summed E-state index contributed by atoms with van der Waals surface area (Å²) in [6.45, 7) is 1.52. The van der Waals surface area contributed by atoms with E-state index >= 15 is 0 Å². The molecule has 0 spiro atoms. The fourth-order valence-corrected chi connectivity index (χ4v) is 2.00. The Bertz CT molecular complexity index is 656. The first kappa shape index (κ1) is 15.6. The molecular weight excluding hydrogens is 280 g/mol. The zero-order chi connectivity index (χ0) is 15.9. The maximum absolute atomic E-state index is 11.8. The number of para-hydroxylation sites is 1. The Kier molecular flexibility index (Phi) is 5.14. The predicted octanol–water partition coefficient (Wildman–Crippen LogP) is 2.30. The summed E-state index contributed by atoms with van der Waals surface area (Å²) in [6, 6.07) is 16.0. The van der Waals surface area contributed by atoms with E-state index in [0.29, 0.717) is 5.69 Å². The van der Waals surface area contributed by atoms with E-state index in [4.69, 9.17) is 10.5 Å². The van der Waals surface area contributed by atoms with Crippen LogP contribution in [0.1, 0.15) is 28.9 Å². The van der Waals surface area contributed by atoms with Crippen molar-refractivity contribution in [1.82, 2.24) is 5.32 Å². The lowest BCUT2D eigenvalue weighted by Crippen LogP contribution is -2.31. The van der Waals surface area contributed by atoms with Gasteiger partial charge in [0.05, 0.1) is 11.6 Å². The molecule has 2 aromatic rings. The minimum Gasteiger partial charge on any atom is -0.452 e. The summed E-state index contributed by atoms with van der Waals surface area (Å²) < 4.78 is 4.98. The van der Waals surface area contributed by atoms with E-state index in [0.717, 1.165) is 5.56 Å². The summed E-state index contributed by atoms with van der Waals surface area (Å²) in [5.74, 6) is -0.972. The lowest BCUT2D eigenvalue weighted by atomic mass is 10.1. The molecule has 0 aromatic heterocycles. The molecular formula is C17H18N2O3. The van der Waals surface area contributed by atoms with Crippen molar-refractivity contribution in [2.45, 2.75) is 13.0 Å². The maximum atomic E-state index is 11.8. The second-order valence-corrected chi connectivity index (χ2v) is 4.86. The zero-order valence-corrected chi connectivity index (χ0v) is 12.3. The molecule has 0 heterocycles. The number of carbonyl (C=O) groups excluding carboxylic acids is 2. The molecule has 3 N–H and O–H groups in total. The number of nitrogen functional groups attached to an aromatic ring is 1. The van der Waals surface area contributed by atoms with Gasteiger partial charge in [0.1, 0.15) is 0 Å². The minimum absolute atomic E-state index is 0.158. The molecule has 1 amide bonds. The molecule has 5 nitrogen and oxygen atoms in total. The largest absolute Gasteiger partial charge is 0.452 e. The van der Waals surface area contributed by atoms with Crippen molar-refractivity contribution >= 4 is 17.6 Å². The van der Waals surface area contributed by atoms with Gasteiger partial charge in [-0.25, -0.2) is 4.79 Å². The van der Waals surface area contributed by atoms with Crippen molar-refractivity contribution in [3.8, 4) is 0 Å². The van der Waals surface area contributed by atoms with Crippen LogP contribution in [0.2, 0.25) is 0 Å². The Labute approximate surface area is 129 Å². The van der Waals surface area contributed by atoms with E-state index in [1.807, 2.05) is 37.3 Å². The maximum Gasteiger partial charge on any atom is 0.340 e. The summed E-state index contributed by atoms with van der Waals surface area (Å²) in [6.07, 6.45) is 0. The smallest absolute Gasteiger partial charge is 0.340 e. The highest BCUT2D eigenvalue weighted by molar-refractivity contribution is 5.96. The molecule has 0 radical (unpaired) electrons. The molecule has 0 aliphatic carbocycles. The van der Waals surface area contributed by atoms with Crippen LogP contribution >= 0.6 is 0 Å². The quantitative estimate of drug-likeness (QED) is 0.655. The monoisotopic (exact) mass is 298 g/mol. The van der Waals surface area contributed by atoms with Crippen LogP contribution in [0.5, 0.6) is 0 Å². The Morgan fingerprint density at radius 3 is 2.41 bits per heavy atom. The highest BCUT2D eigenvalue weighted by Gasteiger charge is 2.14. The number of carbonyl (C=O) groups is 2. The van der Waals surface area contributed by atoms with Crippen molar-refractivity contribution in [2.24, 2.45) is 0 Å². The lowest BCUT2D eigenvalue weighted by molar-refractivity contribution is -0.124. The van der Waals surface area contributed by atoms with Gasteiger partial charge >= 0.3 is 5.97 Å². The first-order valence-corrected chi connectivity index (χ1v) is 6.94. The molecule has 22 heavy (non-hydrogen) atoms. The number of nitrogens with one attached hydrogen (secondary N) is 1. The van der Waals surface area contributed by atoms with Gasteiger partial charge in [-0.15, -0.1) is 0 Å². The average molecular weight is 298 g/mol. The highest BCUT2D eigenvalue weighted by Crippen LogP contribution is 2.12. The fourth-order valence-electron chi connectivity index (χ4n) is 2.00. The predicted molar refractivity (Wildman–Crippen MR) is 84.1 cm³/mol. The summed E-state index contributed by atoms with van der Waals surface area (Å²) in [5.41, 5.74) is 7.24. The molecule has 5 heteroatoms. The van der Waals surface area contributed by atoms with Crippen LogP contribution in [0.4, 0.5) is 5.69 Å². The van der Waals surface area contributed by atoms with Crippen LogP contribution in [0.15, 0.2) is 54.6 Å². The molecule has 1 atom stereocenters. The number of nitrogens with two attached hydrogens (primary N) is 1. The topological polar surface area (TPSA) is 81.4 Å². The highest BCUT2D eigenvalue weighted by atomic mass is 16.5. The van der Waals surface area contributed by atoms with Gasteiger partial charge in [-0.05, 0) is 24.6 Å². The molecule has 2 rings (SSSR count). The Hall–Kier alpha value is -2.82. The summed E-state index contributed by atoms with van der Waals surface area (Å²) in [7, 11) is 0. The van der Waals surface area contributed by atoms with Gasteiger partial charge in [-0.1, -0.05) is 42.5 Å². The molecule has 0 saturated carbocycles. The van der Waals surface area contributed by atoms with E-state index in [2.05, 4.69) is 5.32 Å². The van der Waals surface area contributed by atoms with E-state index in [1.165, 1.54) is 0 Å². The molecule has 2 aromatic carbocycles. The van der Waals surface area contributed by atoms with Gasteiger partial charge in [0, 0.05) is 5.69 Å². The minimum atomic E-state index is -0.611.